The van der Waals surface area contributed by atoms with Gasteiger partial charge in [-0.25, -0.2) is 5.84 Å². The van der Waals surface area contributed by atoms with Gasteiger partial charge in [0.1, 0.15) is 11.6 Å². The van der Waals surface area contributed by atoms with Gasteiger partial charge < -0.3 is 15.9 Å². The van der Waals surface area contributed by atoms with Gasteiger partial charge in [-0.2, -0.15) is 9.97 Å². The molecular weight excluding hydrogens is 230 g/mol. The Bertz CT molecular complexity index is 544. The molecule has 0 atom stereocenters. The number of ether oxygens (including phenoxy) is 1. The Morgan fingerprint density at radius 1 is 1.28 bits per heavy atom. The number of aryl methyl sites for hydroxylation is 1. The van der Waals surface area contributed by atoms with E-state index in [0.717, 1.165) is 17.7 Å². The van der Waals surface area contributed by atoms with Crippen molar-refractivity contribution in [2.24, 2.45) is 5.84 Å². The van der Waals surface area contributed by atoms with E-state index in [4.69, 9.17) is 16.3 Å². The summed E-state index contributed by atoms with van der Waals surface area (Å²) < 4.78 is 5.70. The molecule has 1 aromatic heterocycles. The molecule has 1 heterocycles. The second kappa shape index (κ2) is 5.33. The second-order valence-electron chi connectivity index (χ2n) is 3.66. The molecule has 0 amide bonds. The van der Waals surface area contributed by atoms with Crippen molar-refractivity contribution in [1.82, 2.24) is 9.97 Å². The molecule has 94 valence electrons. The zero-order chi connectivity index (χ0) is 13.0. The average molecular weight is 245 g/mol. The van der Waals surface area contributed by atoms with Crippen LogP contribution >= 0.6 is 0 Å². The van der Waals surface area contributed by atoms with Gasteiger partial charge in [-0.15, -0.1) is 0 Å². The number of nitrogens with two attached hydrogens (primary N) is 2. The molecule has 0 radical (unpaired) electrons. The topological polar surface area (TPSA) is 99.1 Å². The minimum atomic E-state index is 0.106. The van der Waals surface area contributed by atoms with Gasteiger partial charge in [0.2, 0.25) is 11.8 Å². The number of benzene rings is 1. The molecule has 0 aliphatic carbocycles. The number of aromatic nitrogens is 2. The van der Waals surface area contributed by atoms with E-state index < -0.39 is 0 Å². The summed E-state index contributed by atoms with van der Waals surface area (Å²) in [6.45, 7) is 2.06. The van der Waals surface area contributed by atoms with Gasteiger partial charge in [0.15, 0.2) is 0 Å². The Labute approximate surface area is 105 Å². The number of hydrogen-bond acceptors (Lipinski definition) is 6. The van der Waals surface area contributed by atoms with Crippen molar-refractivity contribution in [3.05, 3.63) is 35.9 Å². The number of nitrogens with zero attached hydrogens (tertiary/aromatic N) is 2. The third-order valence-electron chi connectivity index (χ3n) is 2.44. The molecule has 2 rings (SSSR count). The van der Waals surface area contributed by atoms with Crippen molar-refractivity contribution in [2.75, 3.05) is 11.2 Å². The average Bonchev–Trinajstić information content (AvgIpc) is 2.38. The summed E-state index contributed by atoms with van der Waals surface area (Å²) in [5.74, 6) is 6.91. The van der Waals surface area contributed by atoms with Crippen LogP contribution in [0.15, 0.2) is 30.3 Å². The minimum Gasteiger partial charge on any atom is -0.438 e. The molecule has 1 aromatic carbocycles. The number of hydrogen-bond donors (Lipinski definition) is 3. The van der Waals surface area contributed by atoms with E-state index in [1.165, 1.54) is 0 Å². The monoisotopic (exact) mass is 245 g/mol. The van der Waals surface area contributed by atoms with E-state index in [1.54, 1.807) is 6.07 Å². The Morgan fingerprint density at radius 2 is 2.06 bits per heavy atom. The highest BCUT2D eigenvalue weighted by Gasteiger charge is 2.06. The van der Waals surface area contributed by atoms with Crippen LogP contribution in [0.25, 0.3) is 0 Å². The molecule has 0 saturated heterocycles. The third kappa shape index (κ3) is 2.67. The summed E-state index contributed by atoms with van der Waals surface area (Å²) in [4.78, 5) is 7.89. The first kappa shape index (κ1) is 12.1. The van der Waals surface area contributed by atoms with E-state index in [9.17, 15) is 0 Å². The van der Waals surface area contributed by atoms with Crippen LogP contribution in [0.4, 0.5) is 11.8 Å². The quantitative estimate of drug-likeness (QED) is 0.560. The van der Waals surface area contributed by atoms with Crippen LogP contribution in [0, 0.1) is 0 Å². The van der Waals surface area contributed by atoms with E-state index in [-0.39, 0.29) is 5.95 Å². The van der Waals surface area contributed by atoms with Crippen LogP contribution in [0.3, 0.4) is 0 Å². The number of rotatable bonds is 4. The lowest BCUT2D eigenvalue weighted by Gasteiger charge is -2.10. The van der Waals surface area contributed by atoms with Gasteiger partial charge in [-0.3, -0.25) is 0 Å². The van der Waals surface area contributed by atoms with Crippen molar-refractivity contribution in [3.63, 3.8) is 0 Å². The SMILES string of the molecule is CCc1ccccc1Oc1cc(NN)nc(N)n1. The van der Waals surface area contributed by atoms with Crippen molar-refractivity contribution < 1.29 is 4.74 Å². The maximum atomic E-state index is 5.70. The lowest BCUT2D eigenvalue weighted by atomic mass is 10.1. The smallest absolute Gasteiger partial charge is 0.226 e. The minimum absolute atomic E-state index is 0.106. The Morgan fingerprint density at radius 3 is 2.78 bits per heavy atom. The largest absolute Gasteiger partial charge is 0.438 e. The van der Waals surface area contributed by atoms with Crippen molar-refractivity contribution in [3.8, 4) is 11.6 Å². The molecule has 18 heavy (non-hydrogen) atoms. The molecule has 0 unspecified atom stereocenters. The first-order chi connectivity index (χ1) is 8.72. The van der Waals surface area contributed by atoms with Gasteiger partial charge in [0.25, 0.3) is 0 Å². The molecule has 2 aromatic rings. The van der Waals surface area contributed by atoms with Gasteiger partial charge >= 0.3 is 0 Å². The van der Waals surface area contributed by atoms with Crippen LogP contribution in [0.1, 0.15) is 12.5 Å². The fourth-order valence-corrected chi connectivity index (χ4v) is 1.58. The number of anilines is 2. The lowest BCUT2D eigenvalue weighted by molar-refractivity contribution is 0.457. The Hall–Kier alpha value is -2.34. The molecule has 6 nitrogen and oxygen atoms in total. The predicted octanol–water partition coefficient (Wildman–Crippen LogP) is 1.70. The number of nitrogens with one attached hydrogen (secondary N) is 1. The predicted molar refractivity (Wildman–Crippen MR) is 70.1 cm³/mol. The second-order valence-corrected chi connectivity index (χ2v) is 3.66. The molecular formula is C12H15N5O. The van der Waals surface area contributed by atoms with Gasteiger partial charge in [-0.05, 0) is 18.1 Å². The Balaban J connectivity index is 2.30. The summed E-state index contributed by atoms with van der Waals surface area (Å²) in [6.07, 6.45) is 0.874. The fraction of sp³-hybridized carbons (Fsp3) is 0.167. The van der Waals surface area contributed by atoms with E-state index in [2.05, 4.69) is 22.3 Å². The molecule has 0 aliphatic rings. The summed E-state index contributed by atoms with van der Waals surface area (Å²) in [7, 11) is 0. The summed E-state index contributed by atoms with van der Waals surface area (Å²) >= 11 is 0. The maximum absolute atomic E-state index is 5.70. The van der Waals surface area contributed by atoms with Crippen LogP contribution in [-0.4, -0.2) is 9.97 Å². The number of hydrazine groups is 1. The van der Waals surface area contributed by atoms with Crippen LogP contribution < -0.4 is 21.7 Å². The highest BCUT2D eigenvalue weighted by molar-refractivity contribution is 5.44. The highest BCUT2D eigenvalue weighted by atomic mass is 16.5. The first-order valence-corrected chi connectivity index (χ1v) is 5.60. The summed E-state index contributed by atoms with van der Waals surface area (Å²) in [5.41, 5.74) is 9.07. The van der Waals surface area contributed by atoms with Crippen LogP contribution in [0.5, 0.6) is 11.6 Å². The lowest BCUT2D eigenvalue weighted by Crippen LogP contribution is -2.10. The molecule has 0 spiro atoms. The van der Waals surface area contributed by atoms with Crippen molar-refractivity contribution >= 4 is 11.8 Å². The fourth-order valence-electron chi connectivity index (χ4n) is 1.58. The number of nitrogen functional groups attached to an aromatic ring is 2. The molecule has 0 bridgehead atoms. The molecule has 6 heteroatoms. The maximum Gasteiger partial charge on any atom is 0.226 e. The van der Waals surface area contributed by atoms with E-state index in [0.29, 0.717) is 11.7 Å². The number of para-hydroxylation sites is 1. The van der Waals surface area contributed by atoms with Gasteiger partial charge in [0.05, 0.1) is 0 Å². The van der Waals surface area contributed by atoms with E-state index >= 15 is 0 Å². The normalized spacial score (nSPS) is 10.1. The van der Waals surface area contributed by atoms with E-state index in [1.807, 2.05) is 24.3 Å². The Kier molecular flexibility index (Phi) is 3.59. The molecule has 0 aliphatic heterocycles. The van der Waals surface area contributed by atoms with Crippen LogP contribution in [-0.2, 0) is 6.42 Å². The first-order valence-electron chi connectivity index (χ1n) is 5.60. The standard InChI is InChI=1S/C12H15N5O/c1-2-8-5-3-4-6-9(8)18-11-7-10(17-14)15-12(13)16-11/h3-7H,2,14H2,1H3,(H3,13,15,16,17). The third-order valence-corrected chi connectivity index (χ3v) is 2.44. The van der Waals surface area contributed by atoms with Gasteiger partial charge in [0, 0.05) is 6.07 Å². The molecule has 0 saturated carbocycles. The zero-order valence-corrected chi connectivity index (χ0v) is 10.1. The molecule has 5 N–H and O–H groups in total. The van der Waals surface area contributed by atoms with Crippen molar-refractivity contribution in [1.29, 1.82) is 0 Å². The summed E-state index contributed by atoms with van der Waals surface area (Å²) in [6, 6.07) is 9.34. The van der Waals surface area contributed by atoms with Gasteiger partial charge in [-0.1, -0.05) is 25.1 Å². The van der Waals surface area contributed by atoms with Crippen LogP contribution in [0.2, 0.25) is 0 Å². The molecule has 0 fully saturated rings. The zero-order valence-electron chi connectivity index (χ0n) is 10.1. The summed E-state index contributed by atoms with van der Waals surface area (Å²) in [5, 5.41) is 0. The van der Waals surface area contributed by atoms with Crippen molar-refractivity contribution in [2.45, 2.75) is 13.3 Å². The highest BCUT2D eigenvalue weighted by Crippen LogP contribution is 2.25.